The summed E-state index contributed by atoms with van der Waals surface area (Å²) in [5, 5.41) is 14.0. The van der Waals surface area contributed by atoms with E-state index in [4.69, 9.17) is 25.4 Å². The second-order valence-electron chi connectivity index (χ2n) is 20.0. The Bertz CT molecular complexity index is 2060. The molecule has 12 nitrogen and oxygen atoms in total. The van der Waals surface area contributed by atoms with E-state index in [1.165, 1.54) is 141 Å². The van der Waals surface area contributed by atoms with Gasteiger partial charge >= 0.3 is 6.09 Å². The van der Waals surface area contributed by atoms with Crippen LogP contribution in [0.5, 0.6) is 0 Å². The number of aryl methyl sites for hydroxylation is 1. The molecule has 0 saturated heterocycles. The van der Waals surface area contributed by atoms with Gasteiger partial charge < -0.3 is 30.6 Å². The molecule has 0 radical (unpaired) electrons. The lowest BCUT2D eigenvalue weighted by molar-refractivity contribution is -0.124. The maximum Gasteiger partial charge on any atom is 0.407 e. The van der Waals surface area contributed by atoms with Crippen molar-refractivity contribution in [2.45, 2.75) is 211 Å². The first kappa shape index (κ1) is 60.1. The number of carbonyl (C=O) groups is 2. The molecule has 2 amide bonds. The number of hydrogen-bond donors (Lipinski definition) is 4. The van der Waals surface area contributed by atoms with Crippen LogP contribution >= 0.6 is 0 Å². The average molecular weight is 1020 g/mol. The molecule has 1 aliphatic carbocycles. The van der Waals surface area contributed by atoms with E-state index < -0.39 is 40.1 Å². The van der Waals surface area contributed by atoms with Gasteiger partial charge in [0.05, 0.1) is 17.6 Å². The van der Waals surface area contributed by atoms with Crippen LogP contribution < -0.4 is 16.4 Å². The first-order valence-electron chi connectivity index (χ1n) is 28.1. The molecule has 5 N–H and O–H groups in total. The standard InChI is InChI=1S/C59H93N5O7S/c1-4-6-8-10-12-14-16-18-20-22-24-30-42-69-46-49(70-43-31-25-23-21-19-17-15-13-11-9-7-5-2)45-62-57(65)56(40-33-41-64(58(60)61)72(67,68)50-35-32-34-48(3)44-50)63-59(66)71-47-55-53-38-28-26-36-51(53)52-37-27-29-39-54(52)55/h26-29,32,34-39,44,49,55-56H,4-25,30-31,33,40-43,45-47H2,1-3H3,(H3,60,61)(H,62,65)(H,63,66)/t49?,56-/m0/s1. The van der Waals surface area contributed by atoms with Gasteiger partial charge in [0.25, 0.3) is 10.0 Å². The third-order valence-corrected chi connectivity index (χ3v) is 15.8. The van der Waals surface area contributed by atoms with Crippen molar-refractivity contribution in [2.24, 2.45) is 5.73 Å². The number of hydrogen-bond acceptors (Lipinski definition) is 8. The summed E-state index contributed by atoms with van der Waals surface area (Å²) in [4.78, 5) is 27.8. The summed E-state index contributed by atoms with van der Waals surface area (Å²) in [6.45, 7) is 7.85. The second kappa shape index (κ2) is 35.7. The third kappa shape index (κ3) is 22.3. The van der Waals surface area contributed by atoms with Crippen molar-refractivity contribution in [3.8, 4) is 11.1 Å². The zero-order chi connectivity index (χ0) is 51.7. The highest BCUT2D eigenvalue weighted by Gasteiger charge is 2.31. The summed E-state index contributed by atoms with van der Waals surface area (Å²) in [7, 11) is -4.16. The molecular weight excluding hydrogens is 923 g/mol. The van der Waals surface area contributed by atoms with E-state index in [1.807, 2.05) is 36.4 Å². The number of amides is 2. The highest BCUT2D eigenvalue weighted by molar-refractivity contribution is 7.89. The van der Waals surface area contributed by atoms with Gasteiger partial charge in [-0.25, -0.2) is 17.5 Å². The molecule has 2 atom stereocenters. The molecule has 1 aliphatic rings. The Morgan fingerprint density at radius 2 is 1.17 bits per heavy atom. The Hall–Kier alpha value is -4.46. The van der Waals surface area contributed by atoms with E-state index in [-0.39, 0.29) is 43.4 Å². The maximum atomic E-state index is 14.2. The van der Waals surface area contributed by atoms with Gasteiger partial charge in [0.2, 0.25) is 11.9 Å². The van der Waals surface area contributed by atoms with Crippen molar-refractivity contribution in [2.75, 3.05) is 39.5 Å². The van der Waals surface area contributed by atoms with Gasteiger partial charge in [0.15, 0.2) is 0 Å². The number of benzene rings is 3. The minimum Gasteiger partial charge on any atom is -0.449 e. The van der Waals surface area contributed by atoms with Crippen LogP contribution in [0.25, 0.3) is 11.1 Å². The van der Waals surface area contributed by atoms with E-state index in [2.05, 4.69) is 36.6 Å². The van der Waals surface area contributed by atoms with Gasteiger partial charge in [-0.15, -0.1) is 0 Å². The summed E-state index contributed by atoms with van der Waals surface area (Å²) in [6.07, 6.45) is 29.2. The molecule has 72 heavy (non-hydrogen) atoms. The number of alkyl carbamates (subject to hydrolysis) is 1. The lowest BCUT2D eigenvalue weighted by atomic mass is 9.98. The molecule has 0 aromatic heterocycles. The molecule has 3 aromatic rings. The number of sulfonamides is 1. The Morgan fingerprint density at radius 1 is 0.667 bits per heavy atom. The van der Waals surface area contributed by atoms with E-state index in [0.29, 0.717) is 19.8 Å². The van der Waals surface area contributed by atoms with Crippen LogP contribution in [0.2, 0.25) is 0 Å². The lowest BCUT2D eigenvalue weighted by Gasteiger charge is -2.25. The fraction of sp³-hybridized carbons (Fsp3) is 0.644. The first-order valence-corrected chi connectivity index (χ1v) is 29.5. The Kier molecular flexibility index (Phi) is 29.8. The number of fused-ring (bicyclic) bond motifs is 3. The summed E-state index contributed by atoms with van der Waals surface area (Å²) in [6, 6.07) is 21.5. The van der Waals surface area contributed by atoms with Crippen molar-refractivity contribution < 1.29 is 32.2 Å². The largest absolute Gasteiger partial charge is 0.449 e. The topological polar surface area (TPSA) is 173 Å². The summed E-state index contributed by atoms with van der Waals surface area (Å²) in [5.41, 5.74) is 10.9. The van der Waals surface area contributed by atoms with Gasteiger partial charge in [0, 0.05) is 32.2 Å². The summed E-state index contributed by atoms with van der Waals surface area (Å²) in [5.74, 6) is -1.28. The molecule has 0 spiro atoms. The van der Waals surface area contributed by atoms with Crippen molar-refractivity contribution in [3.05, 3.63) is 89.5 Å². The summed E-state index contributed by atoms with van der Waals surface area (Å²) >= 11 is 0. The molecule has 0 fully saturated rings. The molecule has 13 heteroatoms. The van der Waals surface area contributed by atoms with Gasteiger partial charge in [-0.2, -0.15) is 0 Å². The third-order valence-electron chi connectivity index (χ3n) is 14.0. The maximum absolute atomic E-state index is 14.2. The minimum absolute atomic E-state index is 0.0133. The SMILES string of the molecule is CCCCCCCCCCCCCCOCC(CNC(=O)[C@H](CCCN(C(=N)N)S(=O)(=O)c1cccc(C)c1)NC(=O)OCC1c2ccccc2-c2ccccc21)OCCCCCCCCCCCCCC. The predicted molar refractivity (Wildman–Crippen MR) is 294 cm³/mol. The van der Waals surface area contributed by atoms with Gasteiger partial charge in [-0.05, 0) is 72.6 Å². The van der Waals surface area contributed by atoms with Crippen LogP contribution in [0.15, 0.2) is 77.7 Å². The number of nitrogens with zero attached hydrogens (tertiary/aromatic N) is 1. The number of ether oxygens (including phenoxy) is 3. The molecule has 0 heterocycles. The highest BCUT2D eigenvalue weighted by atomic mass is 32.2. The van der Waals surface area contributed by atoms with E-state index >= 15 is 0 Å². The van der Waals surface area contributed by atoms with Crippen LogP contribution in [0, 0.1) is 12.3 Å². The smallest absolute Gasteiger partial charge is 0.407 e. The first-order chi connectivity index (χ1) is 35.1. The molecule has 0 aliphatic heterocycles. The fourth-order valence-corrected chi connectivity index (χ4v) is 11.2. The minimum atomic E-state index is -4.16. The van der Waals surface area contributed by atoms with Gasteiger partial charge in [0.1, 0.15) is 12.6 Å². The Labute approximate surface area is 435 Å². The predicted octanol–water partition coefficient (Wildman–Crippen LogP) is 13.5. The number of rotatable bonds is 41. The Balaban J connectivity index is 1.34. The molecular formula is C59H93N5O7S. The average Bonchev–Trinajstić information content (AvgIpc) is 3.69. The molecule has 0 saturated carbocycles. The monoisotopic (exact) mass is 1020 g/mol. The molecule has 3 aromatic carbocycles. The highest BCUT2D eigenvalue weighted by Crippen LogP contribution is 2.44. The van der Waals surface area contributed by atoms with Crippen LogP contribution in [-0.4, -0.2) is 82.3 Å². The number of carbonyl (C=O) groups excluding carboxylic acids is 2. The number of guanidine groups is 1. The van der Waals surface area contributed by atoms with E-state index in [9.17, 15) is 18.0 Å². The fourth-order valence-electron chi connectivity index (χ4n) is 9.72. The summed E-state index contributed by atoms with van der Waals surface area (Å²) < 4.78 is 46.6. The van der Waals surface area contributed by atoms with E-state index in [1.54, 1.807) is 19.1 Å². The number of unbranched alkanes of at least 4 members (excludes halogenated alkanes) is 22. The zero-order valence-corrected chi connectivity index (χ0v) is 45.4. The van der Waals surface area contributed by atoms with Crippen molar-refractivity contribution in [3.63, 3.8) is 0 Å². The Morgan fingerprint density at radius 3 is 1.68 bits per heavy atom. The van der Waals surface area contributed by atoms with Crippen LogP contribution in [0.3, 0.4) is 0 Å². The van der Waals surface area contributed by atoms with Crippen LogP contribution in [-0.2, 0) is 29.0 Å². The number of nitrogens with two attached hydrogens (primary N) is 1. The molecule has 1 unspecified atom stereocenters. The number of nitrogens with one attached hydrogen (secondary N) is 3. The molecule has 4 rings (SSSR count). The van der Waals surface area contributed by atoms with Crippen molar-refractivity contribution in [1.29, 1.82) is 5.41 Å². The lowest BCUT2D eigenvalue weighted by Crippen LogP contribution is -2.50. The normalized spacial score (nSPS) is 13.0. The van der Waals surface area contributed by atoms with Gasteiger partial charge in [-0.1, -0.05) is 216 Å². The molecule has 0 bridgehead atoms. The second-order valence-corrected chi connectivity index (χ2v) is 21.9. The van der Waals surface area contributed by atoms with Crippen molar-refractivity contribution in [1.82, 2.24) is 14.9 Å². The van der Waals surface area contributed by atoms with Gasteiger partial charge in [-0.3, -0.25) is 10.2 Å². The quantitative estimate of drug-likeness (QED) is 0.0247. The van der Waals surface area contributed by atoms with Crippen molar-refractivity contribution >= 4 is 28.0 Å². The zero-order valence-electron chi connectivity index (χ0n) is 44.6. The molecule has 402 valence electrons. The van der Waals surface area contributed by atoms with Crippen LogP contribution in [0.1, 0.15) is 203 Å². The van der Waals surface area contributed by atoms with Crippen LogP contribution in [0.4, 0.5) is 4.79 Å². The van der Waals surface area contributed by atoms with E-state index in [0.717, 1.165) is 57.8 Å².